The third-order valence-electron chi connectivity index (χ3n) is 3.94. The molecule has 0 fully saturated rings. The molecule has 1 aliphatic carbocycles. The highest BCUT2D eigenvalue weighted by Gasteiger charge is 2.24. The van der Waals surface area contributed by atoms with E-state index in [2.05, 4.69) is 15.8 Å². The van der Waals surface area contributed by atoms with E-state index in [0.717, 1.165) is 30.5 Å². The van der Waals surface area contributed by atoms with Crippen LogP contribution in [0.5, 0.6) is 0 Å². The molecule has 21 heavy (non-hydrogen) atoms. The molecule has 0 saturated carbocycles. The van der Waals surface area contributed by atoms with Gasteiger partial charge in [-0.1, -0.05) is 6.07 Å². The molecule has 0 amide bonds. The van der Waals surface area contributed by atoms with Crippen molar-refractivity contribution in [2.45, 2.75) is 25.2 Å². The molecule has 2 aromatic rings. The molecule has 0 spiro atoms. The van der Waals surface area contributed by atoms with E-state index in [4.69, 9.17) is 0 Å². The number of methoxy groups -OCH3 is 1. The number of fused-ring (bicyclic) bond motifs is 1. The summed E-state index contributed by atoms with van der Waals surface area (Å²) in [4.78, 5) is 16.1. The second-order valence-electron chi connectivity index (χ2n) is 5.26. The van der Waals surface area contributed by atoms with Gasteiger partial charge in [0.25, 0.3) is 0 Å². The highest BCUT2D eigenvalue weighted by molar-refractivity contribution is 5.89. The molecule has 0 radical (unpaired) electrons. The maximum atomic E-state index is 13.8. The summed E-state index contributed by atoms with van der Waals surface area (Å²) >= 11 is 0. The first-order valence-electron chi connectivity index (χ1n) is 7.01. The van der Waals surface area contributed by atoms with Crippen molar-refractivity contribution in [2.24, 2.45) is 0 Å². The number of benzene rings is 1. The van der Waals surface area contributed by atoms with Crippen molar-refractivity contribution in [3.05, 3.63) is 64.7 Å². The Bertz CT molecular complexity index is 684. The Kier molecular flexibility index (Phi) is 3.69. The Morgan fingerprint density at radius 1 is 1.38 bits per heavy atom. The average Bonchev–Trinajstić information content (AvgIpc) is 2.53. The topological polar surface area (TPSA) is 39.2 Å². The van der Waals surface area contributed by atoms with E-state index in [1.54, 1.807) is 12.3 Å². The number of hydrogen-bond acceptors (Lipinski definition) is 3. The number of hydrogen-bond donors (Lipinski definition) is 0. The molecular formula is C17H16FNO2. The van der Waals surface area contributed by atoms with Gasteiger partial charge in [-0.3, -0.25) is 4.98 Å². The third-order valence-corrected chi connectivity index (χ3v) is 3.94. The molecule has 1 aliphatic rings. The number of nitrogens with zero attached hydrogens (tertiary/aromatic N) is 1. The van der Waals surface area contributed by atoms with E-state index in [1.165, 1.54) is 24.8 Å². The Morgan fingerprint density at radius 2 is 2.24 bits per heavy atom. The summed E-state index contributed by atoms with van der Waals surface area (Å²) in [5.41, 5.74) is 3.23. The smallest absolute Gasteiger partial charge is 0.337 e. The number of halogens is 1. The lowest BCUT2D eigenvalue weighted by molar-refractivity contribution is 0.0600. The van der Waals surface area contributed by atoms with Gasteiger partial charge in [0.05, 0.1) is 18.4 Å². The van der Waals surface area contributed by atoms with Gasteiger partial charge in [-0.05, 0) is 54.7 Å². The zero-order valence-corrected chi connectivity index (χ0v) is 11.8. The van der Waals surface area contributed by atoms with E-state index in [1.807, 2.05) is 6.07 Å². The van der Waals surface area contributed by atoms with Crippen LogP contribution in [0.4, 0.5) is 4.39 Å². The first kappa shape index (κ1) is 13.7. The summed E-state index contributed by atoms with van der Waals surface area (Å²) < 4.78 is 18.5. The largest absolute Gasteiger partial charge is 0.465 e. The van der Waals surface area contributed by atoms with Gasteiger partial charge in [-0.25, -0.2) is 9.18 Å². The summed E-state index contributed by atoms with van der Waals surface area (Å²) in [6, 6.07) is 8.39. The lowest BCUT2D eigenvalue weighted by Crippen LogP contribution is -2.14. The van der Waals surface area contributed by atoms with Gasteiger partial charge < -0.3 is 4.74 Å². The molecule has 3 rings (SSSR count). The Morgan fingerprint density at radius 3 is 3.05 bits per heavy atom. The number of carbonyl (C=O) groups is 1. The lowest BCUT2D eigenvalue weighted by Gasteiger charge is -2.24. The van der Waals surface area contributed by atoms with Crippen LogP contribution in [0.15, 0.2) is 36.5 Å². The lowest BCUT2D eigenvalue weighted by atomic mass is 9.82. The zero-order valence-electron chi connectivity index (χ0n) is 11.8. The van der Waals surface area contributed by atoms with Crippen LogP contribution in [0.25, 0.3) is 0 Å². The second kappa shape index (κ2) is 5.64. The first-order chi connectivity index (χ1) is 10.2. The summed E-state index contributed by atoms with van der Waals surface area (Å²) in [6.45, 7) is 0. The SMILES string of the molecule is COC(=O)c1cc(F)cc(C2CCCc3cccnc32)c1. The maximum Gasteiger partial charge on any atom is 0.337 e. The molecule has 0 aliphatic heterocycles. The van der Waals surface area contributed by atoms with Gasteiger partial charge in [-0.15, -0.1) is 0 Å². The van der Waals surface area contributed by atoms with Crippen molar-refractivity contribution in [1.82, 2.24) is 4.98 Å². The fraction of sp³-hybridized carbons (Fsp3) is 0.294. The zero-order chi connectivity index (χ0) is 14.8. The molecule has 0 N–H and O–H groups in total. The average molecular weight is 285 g/mol. The van der Waals surface area contributed by atoms with Crippen LogP contribution < -0.4 is 0 Å². The van der Waals surface area contributed by atoms with Crippen LogP contribution in [0.3, 0.4) is 0 Å². The summed E-state index contributed by atoms with van der Waals surface area (Å²) in [6.07, 6.45) is 4.71. The van der Waals surface area contributed by atoms with E-state index in [9.17, 15) is 9.18 Å². The quantitative estimate of drug-likeness (QED) is 0.793. The highest BCUT2D eigenvalue weighted by atomic mass is 19.1. The standard InChI is InChI=1S/C17H16FNO2/c1-21-17(20)13-8-12(9-14(18)10-13)15-6-2-4-11-5-3-7-19-16(11)15/h3,5,7-10,15H,2,4,6H2,1H3. The van der Waals surface area contributed by atoms with Gasteiger partial charge in [0, 0.05) is 12.1 Å². The third kappa shape index (κ3) is 2.66. The molecule has 3 nitrogen and oxygen atoms in total. The fourth-order valence-corrected chi connectivity index (χ4v) is 2.98. The van der Waals surface area contributed by atoms with Gasteiger partial charge in [0.1, 0.15) is 5.82 Å². The van der Waals surface area contributed by atoms with Crippen molar-refractivity contribution in [3.8, 4) is 0 Å². The molecule has 1 atom stereocenters. The van der Waals surface area contributed by atoms with Gasteiger partial charge in [0.2, 0.25) is 0 Å². The van der Waals surface area contributed by atoms with Crippen molar-refractivity contribution in [3.63, 3.8) is 0 Å². The minimum atomic E-state index is -0.521. The van der Waals surface area contributed by atoms with Crippen LogP contribution in [0, 0.1) is 5.82 Å². The molecule has 1 unspecified atom stereocenters. The number of rotatable bonds is 2. The number of ether oxygens (including phenoxy) is 1. The van der Waals surface area contributed by atoms with Crippen LogP contribution in [0.2, 0.25) is 0 Å². The molecule has 1 aromatic heterocycles. The van der Waals surface area contributed by atoms with Crippen molar-refractivity contribution in [1.29, 1.82) is 0 Å². The number of carbonyl (C=O) groups excluding carboxylic acids is 1. The number of pyridine rings is 1. The Hall–Kier alpha value is -2.23. The molecule has 0 saturated heterocycles. The summed E-state index contributed by atoms with van der Waals surface area (Å²) in [5, 5.41) is 0. The number of esters is 1. The molecule has 108 valence electrons. The minimum Gasteiger partial charge on any atom is -0.465 e. The number of aromatic nitrogens is 1. The van der Waals surface area contributed by atoms with Gasteiger partial charge in [-0.2, -0.15) is 0 Å². The van der Waals surface area contributed by atoms with Crippen molar-refractivity contribution >= 4 is 5.97 Å². The van der Waals surface area contributed by atoms with E-state index < -0.39 is 11.8 Å². The highest BCUT2D eigenvalue weighted by Crippen LogP contribution is 2.35. The fourth-order valence-electron chi connectivity index (χ4n) is 2.98. The van der Waals surface area contributed by atoms with E-state index in [0.29, 0.717) is 0 Å². The predicted octanol–water partition coefficient (Wildman–Crippen LogP) is 3.48. The Labute approximate surface area is 122 Å². The molecule has 4 heteroatoms. The predicted molar refractivity (Wildman–Crippen MR) is 76.8 cm³/mol. The Balaban J connectivity index is 2.05. The van der Waals surface area contributed by atoms with Crippen LogP contribution >= 0.6 is 0 Å². The van der Waals surface area contributed by atoms with Crippen LogP contribution in [-0.2, 0) is 11.2 Å². The van der Waals surface area contributed by atoms with Crippen molar-refractivity contribution < 1.29 is 13.9 Å². The molecule has 1 aromatic carbocycles. The summed E-state index contributed by atoms with van der Waals surface area (Å²) in [7, 11) is 1.30. The van der Waals surface area contributed by atoms with Gasteiger partial charge in [0.15, 0.2) is 0 Å². The number of aryl methyl sites for hydroxylation is 1. The minimum absolute atomic E-state index is 0.0362. The van der Waals surface area contributed by atoms with Gasteiger partial charge >= 0.3 is 5.97 Å². The summed E-state index contributed by atoms with van der Waals surface area (Å²) in [5.74, 6) is -0.905. The van der Waals surface area contributed by atoms with E-state index in [-0.39, 0.29) is 11.5 Å². The van der Waals surface area contributed by atoms with Crippen LogP contribution in [0.1, 0.15) is 45.9 Å². The second-order valence-corrected chi connectivity index (χ2v) is 5.26. The van der Waals surface area contributed by atoms with Crippen LogP contribution in [-0.4, -0.2) is 18.1 Å². The van der Waals surface area contributed by atoms with E-state index >= 15 is 0 Å². The maximum absolute atomic E-state index is 13.8. The van der Waals surface area contributed by atoms with Crippen molar-refractivity contribution in [2.75, 3.05) is 7.11 Å². The molecular weight excluding hydrogens is 269 g/mol. The monoisotopic (exact) mass is 285 g/mol. The normalized spacial score (nSPS) is 17.1. The molecule has 1 heterocycles. The first-order valence-corrected chi connectivity index (χ1v) is 7.01. The molecule has 0 bridgehead atoms.